The largest absolute Gasteiger partial charge is 0.462 e. The molecule has 128 valence electrons. The summed E-state index contributed by atoms with van der Waals surface area (Å²) in [6, 6.07) is 15.5. The Morgan fingerprint density at radius 1 is 1.16 bits per heavy atom. The van der Waals surface area contributed by atoms with Gasteiger partial charge in [-0.05, 0) is 42.8 Å². The first-order chi connectivity index (χ1) is 12.0. The van der Waals surface area contributed by atoms with E-state index < -0.39 is 16.1 Å². The van der Waals surface area contributed by atoms with Crippen molar-refractivity contribution in [2.45, 2.75) is 11.8 Å². The predicted octanol–water partition coefficient (Wildman–Crippen LogP) is 2.92. The van der Waals surface area contributed by atoms with Gasteiger partial charge in [0.2, 0.25) is 0 Å². The fourth-order valence-corrected chi connectivity index (χ4v) is 2.87. The number of benzene rings is 2. The lowest BCUT2D eigenvalue weighted by atomic mass is 10.1. The first-order valence-electron chi connectivity index (χ1n) is 7.35. The maximum absolute atomic E-state index is 12.2. The van der Waals surface area contributed by atoms with Gasteiger partial charge in [-0.25, -0.2) is 4.79 Å². The average molecular weight is 357 g/mol. The summed E-state index contributed by atoms with van der Waals surface area (Å²) < 4.78 is 34.3. The van der Waals surface area contributed by atoms with Gasteiger partial charge in [0, 0.05) is 0 Å². The van der Waals surface area contributed by atoms with E-state index in [2.05, 4.69) is 0 Å². The monoisotopic (exact) mass is 357 g/mol. The molecule has 2 rings (SSSR count). The van der Waals surface area contributed by atoms with Crippen LogP contribution in [-0.2, 0) is 19.6 Å². The number of ether oxygens (including phenoxy) is 1. The Morgan fingerprint density at radius 3 is 2.52 bits per heavy atom. The molecule has 0 saturated heterocycles. The summed E-state index contributed by atoms with van der Waals surface area (Å²) in [7, 11) is -3.97. The van der Waals surface area contributed by atoms with E-state index in [0.29, 0.717) is 5.56 Å². The van der Waals surface area contributed by atoms with Crippen LogP contribution in [0.25, 0.3) is 6.08 Å². The molecule has 2 aromatic carbocycles. The number of carbonyl (C=O) groups is 1. The van der Waals surface area contributed by atoms with Crippen LogP contribution >= 0.6 is 0 Å². The van der Waals surface area contributed by atoms with E-state index in [4.69, 9.17) is 14.2 Å². The smallest absolute Gasteiger partial charge is 0.348 e. The fourth-order valence-electron chi connectivity index (χ4n) is 1.93. The third-order valence-electron chi connectivity index (χ3n) is 3.02. The van der Waals surface area contributed by atoms with Crippen LogP contribution in [0, 0.1) is 11.3 Å². The molecule has 2 aromatic rings. The van der Waals surface area contributed by atoms with Crippen molar-refractivity contribution >= 4 is 22.2 Å². The second kappa shape index (κ2) is 8.13. The van der Waals surface area contributed by atoms with Crippen molar-refractivity contribution in [3.05, 3.63) is 65.7 Å². The van der Waals surface area contributed by atoms with E-state index >= 15 is 0 Å². The number of nitrogens with zero attached hydrogens (tertiary/aromatic N) is 1. The van der Waals surface area contributed by atoms with Gasteiger partial charge >= 0.3 is 16.1 Å². The normalized spacial score (nSPS) is 11.4. The second-order valence-electron chi connectivity index (χ2n) is 4.81. The number of hydrogen-bond donors (Lipinski definition) is 0. The zero-order valence-corrected chi connectivity index (χ0v) is 14.2. The number of nitriles is 1. The van der Waals surface area contributed by atoms with E-state index in [9.17, 15) is 13.2 Å². The third-order valence-corrected chi connectivity index (χ3v) is 4.28. The highest BCUT2D eigenvalue weighted by Gasteiger charge is 2.16. The van der Waals surface area contributed by atoms with Crippen molar-refractivity contribution in [2.75, 3.05) is 6.61 Å². The minimum Gasteiger partial charge on any atom is -0.462 e. The van der Waals surface area contributed by atoms with Gasteiger partial charge in [-0.1, -0.05) is 30.3 Å². The summed E-state index contributed by atoms with van der Waals surface area (Å²) in [5, 5.41) is 9.04. The summed E-state index contributed by atoms with van der Waals surface area (Å²) in [4.78, 5) is 11.7. The van der Waals surface area contributed by atoms with Crippen molar-refractivity contribution in [3.8, 4) is 11.8 Å². The molecule has 0 heterocycles. The zero-order valence-electron chi connectivity index (χ0n) is 13.4. The lowest BCUT2D eigenvalue weighted by Crippen LogP contribution is -2.09. The van der Waals surface area contributed by atoms with Crippen LogP contribution in [0.5, 0.6) is 5.75 Å². The molecule has 0 N–H and O–H groups in total. The number of rotatable bonds is 6. The predicted molar refractivity (Wildman–Crippen MR) is 90.9 cm³/mol. The Labute approximate surface area is 146 Å². The van der Waals surface area contributed by atoms with E-state index in [1.807, 2.05) is 0 Å². The zero-order chi connectivity index (χ0) is 18.3. The summed E-state index contributed by atoms with van der Waals surface area (Å²) in [5.41, 5.74) is 0.246. The molecule has 0 aromatic heterocycles. The SMILES string of the molecule is CCOC(=O)/C(C#N)=C/c1cccc(OS(=O)(=O)c2ccccc2)c1. The molecule has 0 bridgehead atoms. The van der Waals surface area contributed by atoms with Crippen molar-refractivity contribution in [3.63, 3.8) is 0 Å². The van der Waals surface area contributed by atoms with Gasteiger partial charge in [0.1, 0.15) is 22.3 Å². The molecule has 6 nitrogen and oxygen atoms in total. The molecule has 0 amide bonds. The Morgan fingerprint density at radius 2 is 1.88 bits per heavy atom. The van der Waals surface area contributed by atoms with Gasteiger partial charge in [-0.15, -0.1) is 0 Å². The highest BCUT2D eigenvalue weighted by molar-refractivity contribution is 7.87. The minimum atomic E-state index is -3.97. The Bertz CT molecular complexity index is 927. The van der Waals surface area contributed by atoms with Crippen LogP contribution in [0.1, 0.15) is 12.5 Å². The van der Waals surface area contributed by atoms with Gasteiger partial charge in [0.25, 0.3) is 0 Å². The molecule has 0 aliphatic carbocycles. The third kappa shape index (κ3) is 4.93. The molecule has 0 spiro atoms. The fraction of sp³-hybridized carbons (Fsp3) is 0.111. The quantitative estimate of drug-likeness (QED) is 0.341. The van der Waals surface area contributed by atoms with Crippen LogP contribution in [0.2, 0.25) is 0 Å². The van der Waals surface area contributed by atoms with Crippen LogP contribution < -0.4 is 4.18 Å². The van der Waals surface area contributed by atoms with E-state index in [1.165, 1.54) is 30.3 Å². The Hall–Kier alpha value is -3.11. The van der Waals surface area contributed by atoms with Crippen LogP contribution in [0.4, 0.5) is 0 Å². The van der Waals surface area contributed by atoms with E-state index in [1.54, 1.807) is 43.3 Å². The molecular formula is C18H15NO5S. The van der Waals surface area contributed by atoms with Crippen LogP contribution in [-0.4, -0.2) is 21.0 Å². The van der Waals surface area contributed by atoms with Gasteiger partial charge in [-0.2, -0.15) is 13.7 Å². The summed E-state index contributed by atoms with van der Waals surface area (Å²) >= 11 is 0. The summed E-state index contributed by atoms with van der Waals surface area (Å²) in [6.45, 7) is 1.78. The molecule has 0 aliphatic heterocycles. The molecule has 0 radical (unpaired) electrons. The minimum absolute atomic E-state index is 0.0279. The molecule has 0 saturated carbocycles. The van der Waals surface area contributed by atoms with Crippen molar-refractivity contribution in [1.29, 1.82) is 5.26 Å². The summed E-state index contributed by atoms with van der Waals surface area (Å²) in [5.74, 6) is -0.674. The molecule has 0 atom stereocenters. The average Bonchev–Trinajstić information content (AvgIpc) is 2.60. The van der Waals surface area contributed by atoms with E-state index in [0.717, 1.165) is 0 Å². The van der Waals surface area contributed by atoms with Gasteiger partial charge < -0.3 is 8.92 Å². The first-order valence-corrected chi connectivity index (χ1v) is 8.75. The molecule has 0 aliphatic rings. The lowest BCUT2D eigenvalue weighted by molar-refractivity contribution is -0.137. The molecule has 25 heavy (non-hydrogen) atoms. The number of esters is 1. The highest BCUT2D eigenvalue weighted by atomic mass is 32.2. The van der Waals surface area contributed by atoms with Gasteiger partial charge in [0.15, 0.2) is 0 Å². The van der Waals surface area contributed by atoms with E-state index in [-0.39, 0.29) is 22.8 Å². The standard InChI is InChI=1S/C18H15NO5S/c1-2-23-18(20)15(13-19)11-14-7-6-8-16(12-14)24-25(21,22)17-9-4-3-5-10-17/h3-12H,2H2,1H3/b15-11+. The Balaban J connectivity index is 2.28. The second-order valence-corrected chi connectivity index (χ2v) is 6.36. The van der Waals surface area contributed by atoms with Gasteiger partial charge in [-0.3, -0.25) is 0 Å². The van der Waals surface area contributed by atoms with Crippen molar-refractivity contribution < 1.29 is 22.1 Å². The number of carbonyl (C=O) groups excluding carboxylic acids is 1. The molecule has 0 fully saturated rings. The van der Waals surface area contributed by atoms with Crippen LogP contribution in [0.3, 0.4) is 0 Å². The molecule has 0 unspecified atom stereocenters. The highest BCUT2D eigenvalue weighted by Crippen LogP contribution is 2.21. The molecular weight excluding hydrogens is 342 g/mol. The summed E-state index contributed by atoms with van der Waals surface area (Å²) in [6.07, 6.45) is 1.31. The van der Waals surface area contributed by atoms with Crippen LogP contribution in [0.15, 0.2) is 65.1 Å². The topological polar surface area (TPSA) is 93.5 Å². The van der Waals surface area contributed by atoms with Crippen molar-refractivity contribution in [2.24, 2.45) is 0 Å². The maximum Gasteiger partial charge on any atom is 0.348 e. The van der Waals surface area contributed by atoms with Crippen molar-refractivity contribution in [1.82, 2.24) is 0 Å². The lowest BCUT2D eigenvalue weighted by Gasteiger charge is -2.07. The Kier molecular flexibility index (Phi) is 5.93. The maximum atomic E-state index is 12.2. The number of hydrogen-bond acceptors (Lipinski definition) is 6. The van der Waals surface area contributed by atoms with Gasteiger partial charge in [0.05, 0.1) is 6.61 Å². The molecule has 7 heteroatoms. The first kappa shape index (κ1) is 18.2.